The van der Waals surface area contributed by atoms with E-state index in [1.165, 1.54) is 0 Å². The monoisotopic (exact) mass is 205 g/mol. The van der Waals surface area contributed by atoms with Crippen LogP contribution in [0.2, 0.25) is 0 Å². The Bertz CT molecular complexity index is 344. The molecule has 0 saturated carbocycles. The minimum absolute atomic E-state index is 0.185. The summed E-state index contributed by atoms with van der Waals surface area (Å²) in [5.41, 5.74) is 3.04. The summed E-state index contributed by atoms with van der Waals surface area (Å²) in [5, 5.41) is 3.13. The first kappa shape index (κ1) is 11.9. The second-order valence-corrected chi connectivity index (χ2v) is 3.92. The van der Waals surface area contributed by atoms with Gasteiger partial charge in [0.2, 0.25) is 0 Å². The zero-order chi connectivity index (χ0) is 11.3. The van der Waals surface area contributed by atoms with Gasteiger partial charge in [-0.1, -0.05) is 24.6 Å². The third kappa shape index (κ3) is 3.48. The van der Waals surface area contributed by atoms with Gasteiger partial charge < -0.3 is 5.32 Å². The van der Waals surface area contributed by atoms with Crippen LogP contribution >= 0.6 is 0 Å². The number of rotatable bonds is 5. The van der Waals surface area contributed by atoms with E-state index in [1.807, 2.05) is 32.0 Å². The maximum atomic E-state index is 11.8. The summed E-state index contributed by atoms with van der Waals surface area (Å²) in [6.45, 7) is 7.42. The van der Waals surface area contributed by atoms with E-state index >= 15 is 0 Å². The Morgan fingerprint density at radius 3 is 2.73 bits per heavy atom. The molecule has 15 heavy (non-hydrogen) atoms. The fourth-order valence-electron chi connectivity index (χ4n) is 1.51. The number of aryl methyl sites for hydroxylation is 2. The van der Waals surface area contributed by atoms with Crippen LogP contribution in [-0.4, -0.2) is 18.9 Å². The van der Waals surface area contributed by atoms with E-state index in [0.29, 0.717) is 6.54 Å². The fraction of sp³-hybridized carbons (Fsp3) is 0.462. The Kier molecular flexibility index (Phi) is 4.50. The topological polar surface area (TPSA) is 29.1 Å². The molecule has 0 aliphatic heterocycles. The predicted octanol–water partition coefficient (Wildman–Crippen LogP) is 2.49. The summed E-state index contributed by atoms with van der Waals surface area (Å²) in [5.74, 6) is 0.185. The molecule has 2 heteroatoms. The van der Waals surface area contributed by atoms with Crippen molar-refractivity contribution >= 4 is 5.78 Å². The van der Waals surface area contributed by atoms with Crippen molar-refractivity contribution in [3.63, 3.8) is 0 Å². The van der Waals surface area contributed by atoms with E-state index in [0.717, 1.165) is 29.7 Å². The Balaban J connectivity index is 2.68. The van der Waals surface area contributed by atoms with Crippen molar-refractivity contribution in [2.75, 3.05) is 13.1 Å². The van der Waals surface area contributed by atoms with Gasteiger partial charge >= 0.3 is 0 Å². The smallest absolute Gasteiger partial charge is 0.176 e. The fourth-order valence-corrected chi connectivity index (χ4v) is 1.51. The van der Waals surface area contributed by atoms with Crippen molar-refractivity contribution in [3.05, 3.63) is 34.9 Å². The number of carbonyl (C=O) groups is 1. The lowest BCUT2D eigenvalue weighted by atomic mass is 10.0. The SMILES string of the molecule is CCCNCC(=O)c1cc(C)ccc1C. The first-order chi connectivity index (χ1) is 7.15. The summed E-state index contributed by atoms with van der Waals surface area (Å²) in [6.07, 6.45) is 1.06. The number of nitrogens with one attached hydrogen (secondary N) is 1. The number of Topliss-reactive ketones (excluding diaryl/α,β-unsaturated/α-hetero) is 1. The Morgan fingerprint density at radius 2 is 2.07 bits per heavy atom. The predicted molar refractivity (Wildman–Crippen MR) is 63.4 cm³/mol. The third-order valence-corrected chi connectivity index (χ3v) is 2.41. The van der Waals surface area contributed by atoms with Crippen molar-refractivity contribution in [1.82, 2.24) is 5.32 Å². The van der Waals surface area contributed by atoms with Gasteiger partial charge in [-0.2, -0.15) is 0 Å². The molecule has 1 aromatic carbocycles. The molecular weight excluding hydrogens is 186 g/mol. The minimum atomic E-state index is 0.185. The second-order valence-electron chi connectivity index (χ2n) is 3.92. The molecule has 0 spiro atoms. The van der Waals surface area contributed by atoms with Crippen LogP contribution in [0.15, 0.2) is 18.2 Å². The van der Waals surface area contributed by atoms with E-state index in [4.69, 9.17) is 0 Å². The number of benzene rings is 1. The second kappa shape index (κ2) is 5.66. The van der Waals surface area contributed by atoms with E-state index < -0.39 is 0 Å². The lowest BCUT2D eigenvalue weighted by molar-refractivity contribution is 0.0990. The van der Waals surface area contributed by atoms with Crippen LogP contribution in [0.3, 0.4) is 0 Å². The average molecular weight is 205 g/mol. The van der Waals surface area contributed by atoms with Gasteiger partial charge in [0, 0.05) is 5.56 Å². The Morgan fingerprint density at radius 1 is 1.33 bits per heavy atom. The highest BCUT2D eigenvalue weighted by atomic mass is 16.1. The van der Waals surface area contributed by atoms with Crippen LogP contribution in [0.1, 0.15) is 34.8 Å². The molecule has 0 atom stereocenters. The number of carbonyl (C=O) groups excluding carboxylic acids is 1. The van der Waals surface area contributed by atoms with Crippen LogP contribution in [-0.2, 0) is 0 Å². The van der Waals surface area contributed by atoms with E-state index in [1.54, 1.807) is 0 Å². The van der Waals surface area contributed by atoms with Crippen LogP contribution in [0.25, 0.3) is 0 Å². The van der Waals surface area contributed by atoms with Gasteiger partial charge in [0.15, 0.2) is 5.78 Å². The molecule has 0 amide bonds. The molecule has 0 saturated heterocycles. The molecule has 2 nitrogen and oxygen atoms in total. The molecule has 0 bridgehead atoms. The highest BCUT2D eigenvalue weighted by Crippen LogP contribution is 2.10. The van der Waals surface area contributed by atoms with Gasteiger partial charge in [0.05, 0.1) is 6.54 Å². The number of hydrogen-bond acceptors (Lipinski definition) is 2. The lowest BCUT2D eigenvalue weighted by Gasteiger charge is -2.06. The van der Waals surface area contributed by atoms with Crippen LogP contribution in [0.4, 0.5) is 0 Å². The summed E-state index contributed by atoms with van der Waals surface area (Å²) < 4.78 is 0. The van der Waals surface area contributed by atoms with Gasteiger partial charge in [-0.15, -0.1) is 0 Å². The molecule has 1 aromatic rings. The van der Waals surface area contributed by atoms with Crippen molar-refractivity contribution < 1.29 is 4.79 Å². The molecule has 0 radical (unpaired) electrons. The summed E-state index contributed by atoms with van der Waals surface area (Å²) >= 11 is 0. The average Bonchev–Trinajstić information content (AvgIpc) is 2.22. The Labute approximate surface area is 91.7 Å². The summed E-state index contributed by atoms with van der Waals surface area (Å²) in [4.78, 5) is 11.8. The molecule has 1 N–H and O–H groups in total. The molecule has 0 unspecified atom stereocenters. The first-order valence-electron chi connectivity index (χ1n) is 5.46. The van der Waals surface area contributed by atoms with Gasteiger partial charge in [0.25, 0.3) is 0 Å². The van der Waals surface area contributed by atoms with Crippen molar-refractivity contribution in [2.24, 2.45) is 0 Å². The molecular formula is C13H19NO. The van der Waals surface area contributed by atoms with Gasteiger partial charge in [-0.05, 0) is 38.4 Å². The van der Waals surface area contributed by atoms with E-state index in [2.05, 4.69) is 12.2 Å². The Hall–Kier alpha value is -1.15. The number of hydrogen-bond donors (Lipinski definition) is 1. The van der Waals surface area contributed by atoms with Crippen LogP contribution in [0.5, 0.6) is 0 Å². The van der Waals surface area contributed by atoms with E-state index in [9.17, 15) is 4.79 Å². The normalized spacial score (nSPS) is 10.3. The van der Waals surface area contributed by atoms with E-state index in [-0.39, 0.29) is 5.78 Å². The third-order valence-electron chi connectivity index (χ3n) is 2.41. The van der Waals surface area contributed by atoms with Crippen LogP contribution in [0, 0.1) is 13.8 Å². The molecule has 82 valence electrons. The van der Waals surface area contributed by atoms with Gasteiger partial charge in [-0.3, -0.25) is 4.79 Å². The molecule has 0 aliphatic carbocycles. The van der Waals surface area contributed by atoms with Crippen molar-refractivity contribution in [3.8, 4) is 0 Å². The summed E-state index contributed by atoms with van der Waals surface area (Å²) in [7, 11) is 0. The lowest BCUT2D eigenvalue weighted by Crippen LogP contribution is -2.24. The zero-order valence-corrected chi connectivity index (χ0v) is 9.76. The standard InChI is InChI=1S/C13H19NO/c1-4-7-14-9-13(15)12-8-10(2)5-6-11(12)3/h5-6,8,14H,4,7,9H2,1-3H3. The summed E-state index contributed by atoms with van der Waals surface area (Å²) in [6, 6.07) is 6.00. The molecule has 1 rings (SSSR count). The maximum Gasteiger partial charge on any atom is 0.176 e. The molecule has 0 heterocycles. The molecule has 0 aromatic heterocycles. The largest absolute Gasteiger partial charge is 0.310 e. The van der Waals surface area contributed by atoms with Gasteiger partial charge in [-0.25, -0.2) is 0 Å². The maximum absolute atomic E-state index is 11.8. The number of ketones is 1. The van der Waals surface area contributed by atoms with Crippen molar-refractivity contribution in [1.29, 1.82) is 0 Å². The highest BCUT2D eigenvalue weighted by Gasteiger charge is 2.07. The van der Waals surface area contributed by atoms with Gasteiger partial charge in [0.1, 0.15) is 0 Å². The first-order valence-corrected chi connectivity index (χ1v) is 5.46. The highest BCUT2D eigenvalue weighted by molar-refractivity contribution is 5.99. The van der Waals surface area contributed by atoms with Crippen molar-refractivity contribution in [2.45, 2.75) is 27.2 Å². The van der Waals surface area contributed by atoms with Crippen LogP contribution < -0.4 is 5.32 Å². The molecule has 0 aliphatic rings. The quantitative estimate of drug-likeness (QED) is 0.591. The molecule has 0 fully saturated rings. The minimum Gasteiger partial charge on any atom is -0.310 e. The zero-order valence-electron chi connectivity index (χ0n) is 9.76.